The zero-order valence-electron chi connectivity index (χ0n) is 8.16. The van der Waals surface area contributed by atoms with Crippen LogP contribution in [0, 0.1) is 5.92 Å². The fraction of sp³-hybridized carbons (Fsp3) is 0.778. The summed E-state index contributed by atoms with van der Waals surface area (Å²) in [7, 11) is 0. The molecule has 1 atom stereocenters. The molecule has 14 heavy (non-hydrogen) atoms. The molecule has 0 saturated heterocycles. The van der Waals surface area contributed by atoms with E-state index in [1.165, 1.54) is 0 Å². The molecule has 1 amide bonds. The lowest BCUT2D eigenvalue weighted by Crippen LogP contribution is -2.30. The van der Waals surface area contributed by atoms with Crippen molar-refractivity contribution in [2.45, 2.75) is 32.3 Å². The van der Waals surface area contributed by atoms with Crippen LogP contribution in [0.4, 0.5) is 4.79 Å². The van der Waals surface area contributed by atoms with Gasteiger partial charge in [-0.1, -0.05) is 0 Å². The lowest BCUT2D eigenvalue weighted by molar-refractivity contribution is -0.136. The molecule has 0 heterocycles. The van der Waals surface area contributed by atoms with Crippen LogP contribution in [0.5, 0.6) is 0 Å². The second-order valence-electron chi connectivity index (χ2n) is 3.52. The largest absolute Gasteiger partial charge is 0.481 e. The van der Waals surface area contributed by atoms with Crippen LogP contribution in [0.3, 0.4) is 0 Å². The fourth-order valence-corrected chi connectivity index (χ4v) is 1.14. The first-order chi connectivity index (χ1) is 6.59. The van der Waals surface area contributed by atoms with Gasteiger partial charge in [-0.05, 0) is 25.7 Å². The van der Waals surface area contributed by atoms with Crippen molar-refractivity contribution >= 4 is 12.1 Å². The van der Waals surface area contributed by atoms with E-state index in [0.29, 0.717) is 5.92 Å². The number of aliphatic carboxylic acids is 1. The van der Waals surface area contributed by atoms with Crippen molar-refractivity contribution in [1.82, 2.24) is 5.32 Å². The van der Waals surface area contributed by atoms with Crippen LogP contribution in [0.1, 0.15) is 26.2 Å². The number of rotatable bonds is 5. The van der Waals surface area contributed by atoms with Crippen molar-refractivity contribution in [3.63, 3.8) is 0 Å². The highest BCUT2D eigenvalue weighted by Gasteiger charge is 2.30. The molecule has 1 aliphatic rings. The number of ether oxygens (including phenoxy) is 1. The molecule has 0 bridgehead atoms. The topological polar surface area (TPSA) is 75.6 Å². The van der Waals surface area contributed by atoms with Gasteiger partial charge < -0.3 is 15.2 Å². The molecule has 0 spiro atoms. The van der Waals surface area contributed by atoms with Crippen LogP contribution >= 0.6 is 0 Å². The van der Waals surface area contributed by atoms with E-state index in [0.717, 1.165) is 12.8 Å². The summed E-state index contributed by atoms with van der Waals surface area (Å²) in [6, 6.07) is 0. The van der Waals surface area contributed by atoms with Gasteiger partial charge in [-0.15, -0.1) is 0 Å². The molecule has 0 aliphatic heterocycles. The molecule has 80 valence electrons. The summed E-state index contributed by atoms with van der Waals surface area (Å²) in [5.74, 6) is -0.430. The molecule has 1 saturated carbocycles. The second kappa shape index (κ2) is 4.83. The predicted molar refractivity (Wildman–Crippen MR) is 48.9 cm³/mol. The number of carbonyl (C=O) groups is 2. The third kappa shape index (κ3) is 4.11. The maximum absolute atomic E-state index is 11.0. The lowest BCUT2D eigenvalue weighted by Gasteiger charge is -2.12. The standard InChI is InChI=1S/C9H15NO4/c1-6(7-2-3-7)14-9(13)10-5-4-8(11)12/h6-7H,2-5H2,1H3,(H,10,13)(H,11,12). The fourth-order valence-electron chi connectivity index (χ4n) is 1.14. The molecule has 1 fully saturated rings. The van der Waals surface area contributed by atoms with Crippen LogP contribution < -0.4 is 5.32 Å². The molecule has 1 unspecified atom stereocenters. The maximum atomic E-state index is 11.0. The van der Waals surface area contributed by atoms with E-state index in [-0.39, 0.29) is 19.1 Å². The highest BCUT2D eigenvalue weighted by Crippen LogP contribution is 2.33. The Morgan fingerprint density at radius 3 is 2.71 bits per heavy atom. The van der Waals surface area contributed by atoms with Gasteiger partial charge in [0.25, 0.3) is 0 Å². The minimum Gasteiger partial charge on any atom is -0.481 e. The normalized spacial score (nSPS) is 17.2. The lowest BCUT2D eigenvalue weighted by atomic mass is 10.3. The molecular weight excluding hydrogens is 186 g/mol. The van der Waals surface area contributed by atoms with Gasteiger partial charge in [-0.2, -0.15) is 0 Å². The second-order valence-corrected chi connectivity index (χ2v) is 3.52. The number of carboxylic acids is 1. The summed E-state index contributed by atoms with van der Waals surface area (Å²) in [4.78, 5) is 21.2. The van der Waals surface area contributed by atoms with Crippen LogP contribution in [0.25, 0.3) is 0 Å². The zero-order valence-corrected chi connectivity index (χ0v) is 8.16. The average molecular weight is 201 g/mol. The van der Waals surface area contributed by atoms with Gasteiger partial charge in [-0.3, -0.25) is 4.79 Å². The Hall–Kier alpha value is -1.26. The Morgan fingerprint density at radius 1 is 1.57 bits per heavy atom. The van der Waals surface area contributed by atoms with Gasteiger partial charge in [0.15, 0.2) is 0 Å². The highest BCUT2D eigenvalue weighted by molar-refractivity contribution is 5.70. The number of alkyl carbamates (subject to hydrolysis) is 1. The third-order valence-electron chi connectivity index (χ3n) is 2.19. The number of carbonyl (C=O) groups excluding carboxylic acids is 1. The number of carboxylic acid groups (broad SMARTS) is 1. The highest BCUT2D eigenvalue weighted by atomic mass is 16.6. The van der Waals surface area contributed by atoms with Gasteiger partial charge in [0.2, 0.25) is 0 Å². The van der Waals surface area contributed by atoms with Crippen LogP contribution in [0.15, 0.2) is 0 Å². The number of nitrogens with one attached hydrogen (secondary N) is 1. The first kappa shape index (κ1) is 10.8. The Balaban J connectivity index is 2.05. The molecule has 0 radical (unpaired) electrons. The van der Waals surface area contributed by atoms with E-state index in [2.05, 4.69) is 5.32 Å². The van der Waals surface area contributed by atoms with Crippen LogP contribution in [-0.4, -0.2) is 29.8 Å². The molecule has 5 nitrogen and oxygen atoms in total. The quantitative estimate of drug-likeness (QED) is 0.695. The van der Waals surface area contributed by atoms with Crippen molar-refractivity contribution in [2.24, 2.45) is 5.92 Å². The SMILES string of the molecule is CC(OC(=O)NCCC(=O)O)C1CC1. The Labute approximate surface area is 82.4 Å². The smallest absolute Gasteiger partial charge is 0.407 e. The van der Waals surface area contributed by atoms with Gasteiger partial charge in [-0.25, -0.2) is 4.79 Å². The van der Waals surface area contributed by atoms with Gasteiger partial charge >= 0.3 is 12.1 Å². The van der Waals surface area contributed by atoms with E-state index in [1.807, 2.05) is 6.92 Å². The van der Waals surface area contributed by atoms with Crippen molar-refractivity contribution in [3.05, 3.63) is 0 Å². The van der Waals surface area contributed by atoms with Gasteiger partial charge in [0, 0.05) is 6.54 Å². The number of amides is 1. The number of hydrogen-bond donors (Lipinski definition) is 2. The Bertz CT molecular complexity index is 225. The zero-order chi connectivity index (χ0) is 10.6. The third-order valence-corrected chi connectivity index (χ3v) is 2.19. The summed E-state index contributed by atoms with van der Waals surface area (Å²) in [6.45, 7) is 1.97. The molecule has 0 aromatic carbocycles. The number of hydrogen-bond acceptors (Lipinski definition) is 3. The molecule has 1 aliphatic carbocycles. The van der Waals surface area contributed by atoms with Crippen molar-refractivity contribution in [1.29, 1.82) is 0 Å². The van der Waals surface area contributed by atoms with Crippen molar-refractivity contribution in [2.75, 3.05) is 6.54 Å². The molecule has 1 rings (SSSR count). The molecule has 0 aromatic rings. The molecule has 0 aromatic heterocycles. The Morgan fingerprint density at radius 2 is 2.21 bits per heavy atom. The van der Waals surface area contributed by atoms with Crippen molar-refractivity contribution < 1.29 is 19.4 Å². The minimum atomic E-state index is -0.930. The van der Waals surface area contributed by atoms with E-state index in [4.69, 9.17) is 9.84 Å². The van der Waals surface area contributed by atoms with E-state index >= 15 is 0 Å². The summed E-state index contributed by atoms with van der Waals surface area (Å²) >= 11 is 0. The average Bonchev–Trinajstić information content (AvgIpc) is 2.84. The molecular formula is C9H15NO4. The van der Waals surface area contributed by atoms with E-state index in [9.17, 15) is 9.59 Å². The monoisotopic (exact) mass is 201 g/mol. The van der Waals surface area contributed by atoms with E-state index < -0.39 is 12.1 Å². The molecule has 2 N–H and O–H groups in total. The summed E-state index contributed by atoms with van der Waals surface area (Å²) in [5.41, 5.74) is 0. The van der Waals surface area contributed by atoms with Crippen LogP contribution in [-0.2, 0) is 9.53 Å². The van der Waals surface area contributed by atoms with Crippen molar-refractivity contribution in [3.8, 4) is 0 Å². The summed E-state index contributed by atoms with van der Waals surface area (Å²) < 4.78 is 5.01. The first-order valence-electron chi connectivity index (χ1n) is 4.76. The van der Waals surface area contributed by atoms with Crippen LogP contribution in [0.2, 0.25) is 0 Å². The molecule has 5 heteroatoms. The maximum Gasteiger partial charge on any atom is 0.407 e. The Kier molecular flexibility index (Phi) is 3.73. The van der Waals surface area contributed by atoms with Gasteiger partial charge in [0.05, 0.1) is 6.42 Å². The predicted octanol–water partition coefficient (Wildman–Crippen LogP) is 0.986. The summed E-state index contributed by atoms with van der Waals surface area (Å²) in [5, 5.41) is 10.7. The summed E-state index contributed by atoms with van der Waals surface area (Å²) in [6.07, 6.45) is 1.57. The first-order valence-corrected chi connectivity index (χ1v) is 4.76. The minimum absolute atomic E-state index is 0.0557. The van der Waals surface area contributed by atoms with Gasteiger partial charge in [0.1, 0.15) is 6.10 Å². The van der Waals surface area contributed by atoms with E-state index in [1.54, 1.807) is 0 Å².